The van der Waals surface area contributed by atoms with Crippen molar-refractivity contribution >= 4 is 5.91 Å². The first-order valence-electron chi connectivity index (χ1n) is 6.39. The van der Waals surface area contributed by atoms with Crippen LogP contribution >= 0.6 is 0 Å². The molecule has 0 radical (unpaired) electrons. The van der Waals surface area contributed by atoms with Crippen LogP contribution in [0.5, 0.6) is 0 Å². The van der Waals surface area contributed by atoms with Crippen molar-refractivity contribution in [2.75, 3.05) is 6.54 Å². The Balaban J connectivity index is 1.90. The smallest absolute Gasteiger partial charge is 0.222 e. The van der Waals surface area contributed by atoms with Gasteiger partial charge in [0.05, 0.1) is 0 Å². The zero-order chi connectivity index (χ0) is 12.4. The Morgan fingerprint density at radius 1 is 1.59 bits per heavy atom. The van der Waals surface area contributed by atoms with Gasteiger partial charge in [-0.1, -0.05) is 13.8 Å². The van der Waals surface area contributed by atoms with E-state index in [2.05, 4.69) is 21.8 Å². The lowest BCUT2D eigenvalue weighted by Gasteiger charge is -2.11. The van der Waals surface area contributed by atoms with Gasteiger partial charge in [-0.25, -0.2) is 4.98 Å². The largest absolute Gasteiger partial charge is 0.354 e. The van der Waals surface area contributed by atoms with E-state index >= 15 is 0 Å². The van der Waals surface area contributed by atoms with Crippen LogP contribution in [0.15, 0.2) is 6.20 Å². The van der Waals surface area contributed by atoms with Gasteiger partial charge in [0.1, 0.15) is 5.82 Å². The van der Waals surface area contributed by atoms with Crippen molar-refractivity contribution in [3.05, 3.63) is 17.7 Å². The molecule has 1 aromatic heterocycles. The lowest BCUT2D eigenvalue weighted by molar-refractivity contribution is -0.124. The average Bonchev–Trinajstić information content (AvgIpc) is 3.05. The van der Waals surface area contributed by atoms with E-state index in [-0.39, 0.29) is 11.8 Å². The van der Waals surface area contributed by atoms with Crippen LogP contribution in [-0.2, 0) is 11.3 Å². The first-order chi connectivity index (χ1) is 8.09. The molecule has 1 aliphatic rings. The third-order valence-corrected chi connectivity index (χ3v) is 3.19. The summed E-state index contributed by atoms with van der Waals surface area (Å²) in [7, 11) is 0. The average molecular weight is 235 g/mol. The second kappa shape index (κ2) is 4.90. The third-order valence-electron chi connectivity index (χ3n) is 3.19. The van der Waals surface area contributed by atoms with Crippen molar-refractivity contribution in [3.8, 4) is 0 Å². The fraction of sp³-hybridized carbons (Fsp3) is 0.692. The molecular formula is C13H21N3O. The van der Waals surface area contributed by atoms with E-state index < -0.39 is 0 Å². The van der Waals surface area contributed by atoms with Crippen molar-refractivity contribution in [1.29, 1.82) is 0 Å². The number of amides is 1. The molecule has 94 valence electrons. The molecule has 4 nitrogen and oxygen atoms in total. The van der Waals surface area contributed by atoms with E-state index in [1.54, 1.807) is 0 Å². The highest BCUT2D eigenvalue weighted by Gasteiger charge is 2.28. The summed E-state index contributed by atoms with van der Waals surface area (Å²) in [6.07, 6.45) is 4.45. The molecule has 0 unspecified atom stereocenters. The fourth-order valence-electron chi connectivity index (χ4n) is 1.93. The van der Waals surface area contributed by atoms with Crippen LogP contribution in [0, 0.1) is 12.8 Å². The lowest BCUT2D eigenvalue weighted by Crippen LogP contribution is -2.31. The molecule has 1 aromatic rings. The standard InChI is InChI=1S/C13H21N3O/c1-9(2)13(17)14-6-7-16-10(3)8-15-12(16)11-4-5-11/h8-9,11H,4-7H2,1-3H3,(H,14,17). The fourth-order valence-corrected chi connectivity index (χ4v) is 1.93. The monoisotopic (exact) mass is 235 g/mol. The number of aromatic nitrogens is 2. The minimum Gasteiger partial charge on any atom is -0.354 e. The number of hydrogen-bond donors (Lipinski definition) is 1. The van der Waals surface area contributed by atoms with Gasteiger partial charge in [-0.15, -0.1) is 0 Å². The Morgan fingerprint density at radius 3 is 2.88 bits per heavy atom. The van der Waals surface area contributed by atoms with Crippen molar-refractivity contribution < 1.29 is 4.79 Å². The molecule has 1 amide bonds. The number of nitrogens with zero attached hydrogens (tertiary/aromatic N) is 2. The van der Waals surface area contributed by atoms with Crippen LogP contribution in [-0.4, -0.2) is 22.0 Å². The Bertz CT molecular complexity index is 405. The van der Waals surface area contributed by atoms with E-state index in [4.69, 9.17) is 0 Å². The molecule has 0 bridgehead atoms. The van der Waals surface area contributed by atoms with Gasteiger partial charge < -0.3 is 9.88 Å². The summed E-state index contributed by atoms with van der Waals surface area (Å²) in [6.45, 7) is 7.41. The molecule has 1 saturated carbocycles. The molecule has 0 saturated heterocycles. The van der Waals surface area contributed by atoms with Gasteiger partial charge in [-0.3, -0.25) is 4.79 Å². The molecule has 1 N–H and O–H groups in total. The van der Waals surface area contributed by atoms with Gasteiger partial charge in [-0.05, 0) is 19.8 Å². The predicted molar refractivity (Wildman–Crippen MR) is 66.8 cm³/mol. The molecule has 0 atom stereocenters. The second-order valence-electron chi connectivity index (χ2n) is 5.13. The Hall–Kier alpha value is -1.32. The van der Waals surface area contributed by atoms with E-state index in [1.165, 1.54) is 24.4 Å². The van der Waals surface area contributed by atoms with Crippen LogP contribution < -0.4 is 5.32 Å². The quantitative estimate of drug-likeness (QED) is 0.846. The van der Waals surface area contributed by atoms with Gasteiger partial charge >= 0.3 is 0 Å². The molecule has 1 fully saturated rings. The number of rotatable bonds is 5. The summed E-state index contributed by atoms with van der Waals surface area (Å²) in [5, 5.41) is 2.95. The summed E-state index contributed by atoms with van der Waals surface area (Å²) >= 11 is 0. The summed E-state index contributed by atoms with van der Waals surface area (Å²) in [4.78, 5) is 15.9. The molecule has 1 heterocycles. The molecule has 17 heavy (non-hydrogen) atoms. The molecule has 0 aromatic carbocycles. The minimum atomic E-state index is 0.0572. The summed E-state index contributed by atoms with van der Waals surface area (Å²) in [5.41, 5.74) is 1.19. The van der Waals surface area contributed by atoms with Crippen molar-refractivity contribution in [3.63, 3.8) is 0 Å². The molecule has 0 aliphatic heterocycles. The van der Waals surface area contributed by atoms with E-state index in [1.807, 2.05) is 20.0 Å². The zero-order valence-electron chi connectivity index (χ0n) is 10.9. The first kappa shape index (κ1) is 12.1. The molecule has 4 heteroatoms. The molecule has 2 rings (SSSR count). The molecule has 0 spiro atoms. The highest BCUT2D eigenvalue weighted by atomic mass is 16.1. The van der Waals surface area contributed by atoms with Crippen molar-refractivity contribution in [2.45, 2.75) is 46.1 Å². The van der Waals surface area contributed by atoms with Gasteiger partial charge in [0, 0.05) is 36.8 Å². The summed E-state index contributed by atoms with van der Waals surface area (Å²) < 4.78 is 2.23. The third kappa shape index (κ3) is 2.87. The maximum absolute atomic E-state index is 11.5. The molecular weight excluding hydrogens is 214 g/mol. The Labute approximate surface area is 102 Å². The van der Waals surface area contributed by atoms with Crippen LogP contribution in [0.3, 0.4) is 0 Å². The van der Waals surface area contributed by atoms with Crippen molar-refractivity contribution in [2.24, 2.45) is 5.92 Å². The number of aryl methyl sites for hydroxylation is 1. The number of imidazole rings is 1. The van der Waals surface area contributed by atoms with Crippen LogP contribution in [0.2, 0.25) is 0 Å². The highest BCUT2D eigenvalue weighted by Crippen LogP contribution is 2.39. The Kier molecular flexibility index (Phi) is 3.50. The maximum atomic E-state index is 11.5. The molecule has 1 aliphatic carbocycles. The van der Waals surface area contributed by atoms with Gasteiger partial charge in [0.15, 0.2) is 0 Å². The van der Waals surface area contributed by atoms with E-state index in [9.17, 15) is 4.79 Å². The normalized spacial score (nSPS) is 15.3. The second-order valence-corrected chi connectivity index (χ2v) is 5.13. The number of nitrogens with one attached hydrogen (secondary N) is 1. The van der Waals surface area contributed by atoms with Crippen LogP contribution in [0.25, 0.3) is 0 Å². The lowest BCUT2D eigenvalue weighted by atomic mass is 10.2. The van der Waals surface area contributed by atoms with Crippen LogP contribution in [0.1, 0.15) is 44.1 Å². The highest BCUT2D eigenvalue weighted by molar-refractivity contribution is 5.77. The van der Waals surface area contributed by atoms with Crippen molar-refractivity contribution in [1.82, 2.24) is 14.9 Å². The maximum Gasteiger partial charge on any atom is 0.222 e. The first-order valence-corrected chi connectivity index (χ1v) is 6.39. The summed E-state index contributed by atoms with van der Waals surface area (Å²) in [5.74, 6) is 2.03. The topological polar surface area (TPSA) is 46.9 Å². The van der Waals surface area contributed by atoms with Gasteiger partial charge in [0.25, 0.3) is 0 Å². The van der Waals surface area contributed by atoms with Crippen LogP contribution in [0.4, 0.5) is 0 Å². The van der Waals surface area contributed by atoms with Gasteiger partial charge in [0.2, 0.25) is 5.91 Å². The predicted octanol–water partition coefficient (Wildman–Crippen LogP) is 1.84. The number of hydrogen-bond acceptors (Lipinski definition) is 2. The van der Waals surface area contributed by atoms with E-state index in [0.717, 1.165) is 6.54 Å². The summed E-state index contributed by atoms with van der Waals surface area (Å²) in [6, 6.07) is 0. The SMILES string of the molecule is Cc1cnc(C2CC2)n1CCNC(=O)C(C)C. The van der Waals surface area contributed by atoms with E-state index in [0.29, 0.717) is 12.5 Å². The van der Waals surface area contributed by atoms with Gasteiger partial charge in [-0.2, -0.15) is 0 Å². The Morgan fingerprint density at radius 2 is 2.29 bits per heavy atom. The number of carbonyl (C=O) groups is 1. The zero-order valence-corrected chi connectivity index (χ0v) is 10.9. The number of carbonyl (C=O) groups excluding carboxylic acids is 1. The minimum absolute atomic E-state index is 0.0572.